The van der Waals surface area contributed by atoms with Crippen LogP contribution in [0, 0.1) is 24.2 Å². The van der Waals surface area contributed by atoms with Gasteiger partial charge in [-0.3, -0.25) is 0 Å². The van der Waals surface area contributed by atoms with Crippen LogP contribution < -0.4 is 10.2 Å². The molecule has 10 heteroatoms. The number of nitrogens with one attached hydrogen (secondary N) is 1. The van der Waals surface area contributed by atoms with Crippen molar-refractivity contribution in [3.8, 4) is 0 Å². The molecule has 0 radical (unpaired) electrons. The Morgan fingerprint density at radius 1 is 1.08 bits per heavy atom. The molecule has 202 valence electrons. The Balaban J connectivity index is 1.20. The molecule has 0 bridgehead atoms. The van der Waals surface area contributed by atoms with Crippen LogP contribution in [0.1, 0.15) is 56.8 Å². The van der Waals surface area contributed by atoms with Crippen molar-refractivity contribution in [2.24, 2.45) is 17.3 Å². The second-order valence-corrected chi connectivity index (χ2v) is 12.7. The highest BCUT2D eigenvalue weighted by Crippen LogP contribution is 2.47. The molecule has 2 saturated heterocycles. The third-order valence-corrected chi connectivity index (χ3v) is 9.69. The van der Waals surface area contributed by atoms with Crippen molar-refractivity contribution in [3.05, 3.63) is 44.5 Å². The predicted molar refractivity (Wildman–Crippen MR) is 150 cm³/mol. The molecule has 1 saturated carbocycles. The van der Waals surface area contributed by atoms with Gasteiger partial charge in [0.1, 0.15) is 5.02 Å². The van der Waals surface area contributed by atoms with Gasteiger partial charge in [0, 0.05) is 41.1 Å². The molecule has 2 aliphatic heterocycles. The van der Waals surface area contributed by atoms with Gasteiger partial charge in [-0.2, -0.15) is 4.98 Å². The minimum Gasteiger partial charge on any atom is -0.368 e. The van der Waals surface area contributed by atoms with E-state index in [-0.39, 0.29) is 11.5 Å². The zero-order chi connectivity index (χ0) is 26.5. The van der Waals surface area contributed by atoms with Crippen LogP contribution in [0.4, 0.5) is 11.8 Å². The SMILES string of the molecule is Cc1nc(N2CC(C3CCCN(C4CC(C)(C(O)O)C4)C3)C2)nc(NC(C)c2ccc(Cl)cc2Cl)c1Cl. The lowest BCUT2D eigenvalue weighted by molar-refractivity contribution is -0.183. The number of halogens is 3. The first kappa shape index (κ1) is 27.2. The van der Waals surface area contributed by atoms with Crippen LogP contribution in [-0.2, 0) is 0 Å². The number of aryl methyl sites for hydroxylation is 1. The number of nitrogens with zero attached hydrogens (tertiary/aromatic N) is 4. The first-order chi connectivity index (χ1) is 17.5. The molecule has 2 aromatic rings. The summed E-state index contributed by atoms with van der Waals surface area (Å²) in [7, 11) is 0. The van der Waals surface area contributed by atoms with Gasteiger partial charge < -0.3 is 25.3 Å². The molecule has 3 aliphatic rings. The molecule has 2 atom stereocenters. The normalized spacial score (nSPS) is 27.6. The summed E-state index contributed by atoms with van der Waals surface area (Å²) >= 11 is 19.1. The van der Waals surface area contributed by atoms with E-state index >= 15 is 0 Å². The monoisotopic (exact) mass is 567 g/mol. The topological polar surface area (TPSA) is 84.8 Å². The van der Waals surface area contributed by atoms with Crippen molar-refractivity contribution in [1.29, 1.82) is 0 Å². The Hall–Kier alpha value is -1.35. The van der Waals surface area contributed by atoms with Crippen molar-refractivity contribution in [2.75, 3.05) is 36.4 Å². The van der Waals surface area contributed by atoms with E-state index in [0.717, 1.165) is 50.3 Å². The lowest BCUT2D eigenvalue weighted by Crippen LogP contribution is -2.59. The first-order valence-electron chi connectivity index (χ1n) is 13.1. The van der Waals surface area contributed by atoms with Crippen LogP contribution in [0.2, 0.25) is 15.1 Å². The predicted octanol–water partition coefficient (Wildman–Crippen LogP) is 5.55. The number of aliphatic hydroxyl groups excluding tert-OH is 1. The minimum absolute atomic E-state index is 0.109. The van der Waals surface area contributed by atoms with Gasteiger partial charge in [0.2, 0.25) is 5.95 Å². The largest absolute Gasteiger partial charge is 0.368 e. The number of hydrogen-bond donors (Lipinski definition) is 3. The van der Waals surface area contributed by atoms with Crippen molar-refractivity contribution < 1.29 is 10.2 Å². The molecular weight excluding hydrogens is 533 g/mol. The molecule has 0 spiro atoms. The third-order valence-electron chi connectivity index (χ3n) is 8.68. The van der Waals surface area contributed by atoms with Crippen LogP contribution in [0.3, 0.4) is 0 Å². The third kappa shape index (κ3) is 5.54. The number of likely N-dealkylation sites (tertiary alicyclic amines) is 1. The van der Waals surface area contributed by atoms with E-state index in [1.165, 1.54) is 12.8 Å². The summed E-state index contributed by atoms with van der Waals surface area (Å²) < 4.78 is 0. The van der Waals surface area contributed by atoms with Gasteiger partial charge in [-0.25, -0.2) is 4.98 Å². The average Bonchev–Trinajstić information content (AvgIpc) is 2.79. The quantitative estimate of drug-likeness (QED) is 0.378. The number of piperidine rings is 1. The van der Waals surface area contributed by atoms with Gasteiger partial charge in [0.15, 0.2) is 12.1 Å². The molecule has 3 heterocycles. The zero-order valence-electron chi connectivity index (χ0n) is 21.6. The van der Waals surface area contributed by atoms with Crippen LogP contribution in [0.25, 0.3) is 0 Å². The van der Waals surface area contributed by atoms with Crippen LogP contribution >= 0.6 is 34.8 Å². The smallest absolute Gasteiger partial charge is 0.227 e. The van der Waals surface area contributed by atoms with E-state index in [0.29, 0.717) is 44.7 Å². The van der Waals surface area contributed by atoms with E-state index in [4.69, 9.17) is 39.8 Å². The number of aliphatic hydroxyl groups is 2. The van der Waals surface area contributed by atoms with Crippen molar-refractivity contribution in [2.45, 2.75) is 64.8 Å². The summed E-state index contributed by atoms with van der Waals surface area (Å²) in [5.41, 5.74) is 1.32. The molecule has 37 heavy (non-hydrogen) atoms. The molecule has 2 unspecified atom stereocenters. The van der Waals surface area contributed by atoms with E-state index in [1.54, 1.807) is 6.07 Å². The number of rotatable bonds is 7. The Bertz CT molecular complexity index is 1140. The van der Waals surface area contributed by atoms with Gasteiger partial charge >= 0.3 is 0 Å². The highest BCUT2D eigenvalue weighted by molar-refractivity contribution is 6.35. The van der Waals surface area contributed by atoms with Crippen molar-refractivity contribution in [1.82, 2.24) is 14.9 Å². The van der Waals surface area contributed by atoms with Gasteiger partial charge in [0.05, 0.1) is 11.7 Å². The molecule has 7 nitrogen and oxygen atoms in total. The summed E-state index contributed by atoms with van der Waals surface area (Å²) in [5.74, 6) is 2.57. The summed E-state index contributed by atoms with van der Waals surface area (Å²) in [4.78, 5) is 14.3. The van der Waals surface area contributed by atoms with E-state index in [1.807, 2.05) is 32.9 Å². The lowest BCUT2D eigenvalue weighted by Gasteiger charge is -2.54. The van der Waals surface area contributed by atoms with E-state index in [9.17, 15) is 10.2 Å². The van der Waals surface area contributed by atoms with Crippen LogP contribution in [0.15, 0.2) is 18.2 Å². The molecule has 1 aromatic carbocycles. The lowest BCUT2D eigenvalue weighted by atomic mass is 9.65. The maximum atomic E-state index is 9.65. The summed E-state index contributed by atoms with van der Waals surface area (Å²) in [5, 5.41) is 24.4. The number of anilines is 2. The Labute approximate surface area is 234 Å². The number of benzene rings is 1. The van der Waals surface area contributed by atoms with Gasteiger partial charge in [0.25, 0.3) is 0 Å². The summed E-state index contributed by atoms with van der Waals surface area (Å²) in [6, 6.07) is 5.83. The molecule has 1 aliphatic carbocycles. The Kier molecular flexibility index (Phi) is 7.85. The van der Waals surface area contributed by atoms with Gasteiger partial charge in [-0.05, 0) is 75.6 Å². The minimum atomic E-state index is -1.22. The first-order valence-corrected chi connectivity index (χ1v) is 14.3. The Morgan fingerprint density at radius 2 is 1.81 bits per heavy atom. The van der Waals surface area contributed by atoms with Crippen LogP contribution in [0.5, 0.6) is 0 Å². The molecule has 5 rings (SSSR count). The molecule has 3 N–H and O–H groups in total. The summed E-state index contributed by atoms with van der Waals surface area (Å²) in [6.07, 6.45) is 2.95. The fraction of sp³-hybridized carbons (Fsp3) is 0.630. The van der Waals surface area contributed by atoms with E-state index in [2.05, 4.69) is 20.1 Å². The molecule has 3 fully saturated rings. The van der Waals surface area contributed by atoms with Gasteiger partial charge in [-0.1, -0.05) is 47.8 Å². The fourth-order valence-corrected chi connectivity index (χ4v) is 6.84. The maximum absolute atomic E-state index is 9.65. The highest BCUT2D eigenvalue weighted by atomic mass is 35.5. The number of aromatic nitrogens is 2. The number of hydrogen-bond acceptors (Lipinski definition) is 7. The fourth-order valence-electron chi connectivity index (χ4n) is 6.13. The molecular formula is C27H36Cl3N5O2. The highest BCUT2D eigenvalue weighted by Gasteiger charge is 2.48. The van der Waals surface area contributed by atoms with Crippen molar-refractivity contribution in [3.63, 3.8) is 0 Å². The second-order valence-electron chi connectivity index (χ2n) is 11.5. The second kappa shape index (κ2) is 10.7. The maximum Gasteiger partial charge on any atom is 0.227 e. The summed E-state index contributed by atoms with van der Waals surface area (Å²) in [6.45, 7) is 9.98. The van der Waals surface area contributed by atoms with Crippen LogP contribution in [-0.4, -0.2) is 63.6 Å². The standard InChI is InChI=1S/C27H36Cl3N5O2/c1-15(21-7-6-19(28)9-22(21)29)31-24-23(30)16(2)32-26(33-24)35-13-18(14-35)17-5-4-8-34(12-17)20-10-27(3,11-20)25(36)37/h6-7,9,15,17-18,20,25,36-37H,4-5,8,10-14H2,1-3H3,(H,31,32,33). The Morgan fingerprint density at radius 3 is 2.49 bits per heavy atom. The average molecular weight is 569 g/mol. The molecule has 1 aromatic heterocycles. The molecule has 0 amide bonds. The zero-order valence-corrected chi connectivity index (χ0v) is 23.9. The van der Waals surface area contributed by atoms with Crippen molar-refractivity contribution >= 4 is 46.6 Å². The van der Waals surface area contributed by atoms with E-state index < -0.39 is 6.29 Å². The van der Waals surface area contributed by atoms with Gasteiger partial charge in [-0.15, -0.1) is 0 Å².